The van der Waals surface area contributed by atoms with Crippen molar-refractivity contribution in [2.45, 2.75) is 187 Å². The maximum Gasteiger partial charge on any atom is 0.469 e. The minimum atomic E-state index is -4.78. The summed E-state index contributed by atoms with van der Waals surface area (Å²) in [6.07, 6.45) is 44.3. The smallest absolute Gasteiger partial charge is 0.462 e. The summed E-state index contributed by atoms with van der Waals surface area (Å²) in [5.74, 6) is -0.975. The van der Waals surface area contributed by atoms with Gasteiger partial charge in [0.1, 0.15) is 6.61 Å². The van der Waals surface area contributed by atoms with Crippen molar-refractivity contribution in [1.82, 2.24) is 0 Å². The van der Waals surface area contributed by atoms with Crippen LogP contribution in [0.4, 0.5) is 0 Å². The zero-order valence-corrected chi connectivity index (χ0v) is 34.2. The Kier molecular flexibility index (Phi) is 36.4. The molecule has 0 radical (unpaired) electrons. The standard InChI is InChI=1S/C43H75O9P/c1-3-5-7-8-9-10-11-12-13-14-15-16-20-23-26-29-32-36-42(45)50-38-41(39-51-53(47,48)49)52-43(46)37-33-30-27-24-21-18-17-19-22-25-28-31-35-40(44)34-6-4-2/h6,17-18,22,24-25,27-28,31,34,40-41,44H,3-5,7-16,19-21,23,26,29-30,32-33,35-39H2,1-2H3,(H2,47,48,49)/b18-17-,25-22-,27-24-,31-28+,34-6-/t40?,41-/m1/s1. The maximum atomic E-state index is 12.4. The van der Waals surface area contributed by atoms with Gasteiger partial charge in [0.25, 0.3) is 0 Å². The van der Waals surface area contributed by atoms with Crippen molar-refractivity contribution < 1.29 is 43.0 Å². The van der Waals surface area contributed by atoms with Gasteiger partial charge in [0, 0.05) is 12.8 Å². The monoisotopic (exact) mass is 767 g/mol. The number of aliphatic hydroxyl groups excluding tert-OH is 1. The molecule has 0 aliphatic heterocycles. The van der Waals surface area contributed by atoms with Gasteiger partial charge in [-0.3, -0.25) is 14.1 Å². The van der Waals surface area contributed by atoms with Crippen molar-refractivity contribution >= 4 is 19.8 Å². The Morgan fingerprint density at radius 1 is 0.604 bits per heavy atom. The van der Waals surface area contributed by atoms with Crippen LogP contribution in [0.15, 0.2) is 60.8 Å². The average molecular weight is 767 g/mol. The van der Waals surface area contributed by atoms with E-state index < -0.39 is 38.6 Å². The second-order valence-electron chi connectivity index (χ2n) is 13.8. The number of esters is 2. The Morgan fingerprint density at radius 3 is 1.68 bits per heavy atom. The van der Waals surface area contributed by atoms with Gasteiger partial charge in [-0.2, -0.15) is 0 Å². The third kappa shape index (κ3) is 40.7. The Hall–Kier alpha value is -2.29. The lowest BCUT2D eigenvalue weighted by molar-refractivity contribution is -0.161. The van der Waals surface area contributed by atoms with Crippen molar-refractivity contribution in [2.24, 2.45) is 0 Å². The largest absolute Gasteiger partial charge is 0.469 e. The summed E-state index contributed by atoms with van der Waals surface area (Å²) >= 11 is 0. The van der Waals surface area contributed by atoms with E-state index in [1.54, 1.807) is 0 Å². The van der Waals surface area contributed by atoms with Crippen LogP contribution in [0.1, 0.15) is 174 Å². The van der Waals surface area contributed by atoms with Crippen LogP contribution < -0.4 is 0 Å². The summed E-state index contributed by atoms with van der Waals surface area (Å²) in [7, 11) is -4.78. The second-order valence-corrected chi connectivity index (χ2v) is 15.0. The molecule has 53 heavy (non-hydrogen) atoms. The number of phosphoric ester groups is 1. The summed E-state index contributed by atoms with van der Waals surface area (Å²) in [6, 6.07) is 0. The number of unbranched alkanes of at least 4 members (excludes halogenated alkanes) is 17. The second kappa shape index (κ2) is 38.0. The van der Waals surface area contributed by atoms with Crippen molar-refractivity contribution in [3.8, 4) is 0 Å². The SMILES string of the molecule is CC/C=C\C(O)C/C=C/C=C\C/C=C\C/C=C\CCCC(=O)O[C@H](COC(=O)CCCCCCCCCCCCCCCCCCC)COP(=O)(O)O. The molecule has 0 rings (SSSR count). The Bertz CT molecular complexity index is 1060. The molecule has 0 aromatic heterocycles. The lowest BCUT2D eigenvalue weighted by Crippen LogP contribution is -2.29. The number of carbonyl (C=O) groups excluding carboxylic acids is 2. The number of hydrogen-bond acceptors (Lipinski definition) is 7. The highest BCUT2D eigenvalue weighted by Crippen LogP contribution is 2.36. The summed E-state index contributed by atoms with van der Waals surface area (Å²) in [5, 5.41) is 9.74. The van der Waals surface area contributed by atoms with Crippen molar-refractivity contribution in [1.29, 1.82) is 0 Å². The highest BCUT2D eigenvalue weighted by molar-refractivity contribution is 7.46. The lowest BCUT2D eigenvalue weighted by Gasteiger charge is -2.18. The quantitative estimate of drug-likeness (QED) is 0.0185. The molecule has 2 atom stereocenters. The summed E-state index contributed by atoms with van der Waals surface area (Å²) in [5.41, 5.74) is 0. The normalized spacial score (nSPS) is 13.7. The Labute approximate surface area is 322 Å². The van der Waals surface area contributed by atoms with E-state index in [-0.39, 0.29) is 19.4 Å². The number of rotatable bonds is 37. The van der Waals surface area contributed by atoms with E-state index >= 15 is 0 Å². The number of ether oxygens (including phenoxy) is 2. The van der Waals surface area contributed by atoms with Gasteiger partial charge in [-0.1, -0.05) is 177 Å². The van der Waals surface area contributed by atoms with Gasteiger partial charge in [0.05, 0.1) is 12.7 Å². The predicted octanol–water partition coefficient (Wildman–Crippen LogP) is 11.5. The van der Waals surface area contributed by atoms with Crippen LogP contribution in [0.25, 0.3) is 0 Å². The first-order valence-electron chi connectivity index (χ1n) is 20.7. The fourth-order valence-corrected chi connectivity index (χ4v) is 5.91. The van der Waals surface area contributed by atoms with Gasteiger partial charge in [0.15, 0.2) is 6.10 Å². The van der Waals surface area contributed by atoms with Crippen molar-refractivity contribution in [3.63, 3.8) is 0 Å². The minimum Gasteiger partial charge on any atom is -0.462 e. The van der Waals surface area contributed by atoms with Gasteiger partial charge in [-0.25, -0.2) is 4.57 Å². The van der Waals surface area contributed by atoms with Gasteiger partial charge in [-0.15, -0.1) is 0 Å². The third-order valence-electron chi connectivity index (χ3n) is 8.63. The van der Waals surface area contributed by atoms with Crippen LogP contribution >= 0.6 is 7.82 Å². The van der Waals surface area contributed by atoms with E-state index in [0.29, 0.717) is 25.7 Å². The van der Waals surface area contributed by atoms with Crippen LogP contribution in [0.2, 0.25) is 0 Å². The molecule has 3 N–H and O–H groups in total. The van der Waals surface area contributed by atoms with E-state index in [4.69, 9.17) is 19.3 Å². The van der Waals surface area contributed by atoms with Crippen LogP contribution in [-0.2, 0) is 28.2 Å². The van der Waals surface area contributed by atoms with E-state index in [2.05, 4.69) is 23.6 Å². The minimum absolute atomic E-state index is 0.115. The van der Waals surface area contributed by atoms with Gasteiger partial charge in [0.2, 0.25) is 0 Å². The number of carbonyl (C=O) groups is 2. The predicted molar refractivity (Wildman–Crippen MR) is 217 cm³/mol. The molecule has 10 heteroatoms. The van der Waals surface area contributed by atoms with Crippen LogP contribution in [0.5, 0.6) is 0 Å². The lowest BCUT2D eigenvalue weighted by atomic mass is 10.0. The maximum absolute atomic E-state index is 12.4. The first-order chi connectivity index (χ1) is 25.7. The first-order valence-corrected chi connectivity index (χ1v) is 22.2. The van der Waals surface area contributed by atoms with E-state index in [9.17, 15) is 19.3 Å². The average Bonchev–Trinajstić information content (AvgIpc) is 3.12. The molecular weight excluding hydrogens is 691 g/mol. The van der Waals surface area contributed by atoms with E-state index in [0.717, 1.165) is 32.1 Å². The number of hydrogen-bond donors (Lipinski definition) is 3. The topological polar surface area (TPSA) is 140 Å². The molecule has 1 unspecified atom stereocenters. The molecule has 0 spiro atoms. The third-order valence-corrected chi connectivity index (χ3v) is 9.11. The molecule has 0 aromatic carbocycles. The Balaban J connectivity index is 4.04. The highest BCUT2D eigenvalue weighted by atomic mass is 31.2. The van der Waals surface area contributed by atoms with E-state index in [1.165, 1.54) is 89.9 Å². The fourth-order valence-electron chi connectivity index (χ4n) is 5.55. The van der Waals surface area contributed by atoms with Gasteiger partial charge >= 0.3 is 19.8 Å². The molecule has 0 saturated heterocycles. The number of aliphatic hydroxyl groups is 1. The molecule has 0 aliphatic carbocycles. The zero-order chi connectivity index (χ0) is 39.1. The zero-order valence-electron chi connectivity index (χ0n) is 33.3. The van der Waals surface area contributed by atoms with Crippen LogP contribution in [0.3, 0.4) is 0 Å². The molecule has 0 saturated carbocycles. The molecule has 0 amide bonds. The number of phosphoric acid groups is 1. The summed E-state index contributed by atoms with van der Waals surface area (Å²) in [4.78, 5) is 42.8. The first kappa shape index (κ1) is 50.7. The fraction of sp³-hybridized carbons (Fsp3) is 0.721. The molecule has 0 aromatic rings. The number of allylic oxidation sites excluding steroid dienone is 8. The molecule has 306 valence electrons. The summed E-state index contributed by atoms with van der Waals surface area (Å²) in [6.45, 7) is 3.41. The van der Waals surface area contributed by atoms with Crippen LogP contribution in [0, 0.1) is 0 Å². The molecule has 0 fully saturated rings. The van der Waals surface area contributed by atoms with E-state index in [1.807, 2.05) is 55.5 Å². The van der Waals surface area contributed by atoms with Crippen molar-refractivity contribution in [3.05, 3.63) is 60.8 Å². The molecule has 0 heterocycles. The summed E-state index contributed by atoms with van der Waals surface area (Å²) < 4.78 is 26.3. The van der Waals surface area contributed by atoms with Crippen LogP contribution in [-0.4, -0.2) is 52.3 Å². The van der Waals surface area contributed by atoms with Crippen molar-refractivity contribution in [2.75, 3.05) is 13.2 Å². The highest BCUT2D eigenvalue weighted by Gasteiger charge is 2.22. The Morgan fingerprint density at radius 2 is 1.11 bits per heavy atom. The molecule has 0 aliphatic rings. The van der Waals surface area contributed by atoms with Gasteiger partial charge in [-0.05, 0) is 44.9 Å². The van der Waals surface area contributed by atoms with Gasteiger partial charge < -0.3 is 24.4 Å². The molecular formula is C43H75O9P. The molecule has 9 nitrogen and oxygen atoms in total. The molecule has 0 bridgehead atoms.